The van der Waals surface area contributed by atoms with Crippen LogP contribution in [0.2, 0.25) is 0 Å². The molecule has 1 rings (SSSR count). The molecule has 1 atom stereocenters. The van der Waals surface area contributed by atoms with Gasteiger partial charge < -0.3 is 15.1 Å². The van der Waals surface area contributed by atoms with Gasteiger partial charge in [-0.05, 0) is 0 Å². The van der Waals surface area contributed by atoms with Gasteiger partial charge in [0.1, 0.15) is 6.04 Å². The number of Topliss-reactive ketones (excluding diaryl/α,β-unsaturated/α-hetero) is 1. The van der Waals surface area contributed by atoms with Crippen molar-refractivity contribution >= 4 is 23.6 Å². The number of amides is 1. The highest BCUT2D eigenvalue weighted by Crippen LogP contribution is 2.14. The monoisotopic (exact) mass is 215 g/mol. The van der Waals surface area contributed by atoms with Gasteiger partial charge in [0.15, 0.2) is 5.78 Å². The van der Waals surface area contributed by atoms with Crippen molar-refractivity contribution in [1.82, 2.24) is 4.90 Å². The van der Waals surface area contributed by atoms with Gasteiger partial charge in [0.2, 0.25) is 5.91 Å². The standard InChI is InChI=1S/C8H9NO6/c10-4-1-6(11)9(3-4)5(8(14)15)2-7(12)13/h5H,1-3H2,(H,12,13)(H,14,15). The zero-order chi connectivity index (χ0) is 11.6. The number of hydrogen-bond acceptors (Lipinski definition) is 4. The lowest BCUT2D eigenvalue weighted by Crippen LogP contribution is -2.43. The van der Waals surface area contributed by atoms with Crippen LogP contribution in [0.1, 0.15) is 12.8 Å². The minimum atomic E-state index is -1.46. The predicted molar refractivity (Wildman–Crippen MR) is 45.0 cm³/mol. The average Bonchev–Trinajstić information content (AvgIpc) is 2.40. The van der Waals surface area contributed by atoms with Crippen molar-refractivity contribution in [3.05, 3.63) is 0 Å². The van der Waals surface area contributed by atoms with Crippen molar-refractivity contribution in [1.29, 1.82) is 0 Å². The molecule has 82 valence electrons. The van der Waals surface area contributed by atoms with Crippen molar-refractivity contribution in [3.63, 3.8) is 0 Å². The molecule has 1 unspecified atom stereocenters. The van der Waals surface area contributed by atoms with Crippen LogP contribution in [0.3, 0.4) is 0 Å². The first-order valence-electron chi connectivity index (χ1n) is 4.17. The Hall–Kier alpha value is -1.92. The highest BCUT2D eigenvalue weighted by atomic mass is 16.4. The van der Waals surface area contributed by atoms with Gasteiger partial charge in [-0.2, -0.15) is 0 Å². The smallest absolute Gasteiger partial charge is 0.327 e. The van der Waals surface area contributed by atoms with E-state index in [9.17, 15) is 19.2 Å². The van der Waals surface area contributed by atoms with Crippen LogP contribution in [0.4, 0.5) is 0 Å². The molecule has 0 bridgehead atoms. The maximum atomic E-state index is 11.2. The molecule has 1 saturated heterocycles. The van der Waals surface area contributed by atoms with Crippen molar-refractivity contribution < 1.29 is 29.4 Å². The Balaban J connectivity index is 2.80. The van der Waals surface area contributed by atoms with E-state index in [0.29, 0.717) is 0 Å². The molecule has 7 heteroatoms. The number of ketones is 1. The zero-order valence-corrected chi connectivity index (χ0v) is 7.67. The summed E-state index contributed by atoms with van der Waals surface area (Å²) in [5.74, 6) is -3.76. The first-order valence-corrected chi connectivity index (χ1v) is 4.17. The molecule has 15 heavy (non-hydrogen) atoms. The molecule has 0 aromatic rings. The largest absolute Gasteiger partial charge is 0.481 e. The second-order valence-electron chi connectivity index (χ2n) is 3.19. The molecule has 1 amide bonds. The predicted octanol–water partition coefficient (Wildman–Crippen LogP) is -1.28. The number of carboxylic acid groups (broad SMARTS) is 2. The first-order chi connectivity index (χ1) is 6.91. The Morgan fingerprint density at radius 2 is 1.93 bits per heavy atom. The fourth-order valence-electron chi connectivity index (χ4n) is 1.38. The van der Waals surface area contributed by atoms with Gasteiger partial charge in [-0.25, -0.2) is 4.79 Å². The Morgan fingerprint density at radius 1 is 1.33 bits per heavy atom. The number of likely N-dealkylation sites (tertiary alicyclic amines) is 1. The van der Waals surface area contributed by atoms with E-state index in [0.717, 1.165) is 4.90 Å². The molecule has 0 spiro atoms. The van der Waals surface area contributed by atoms with Gasteiger partial charge >= 0.3 is 11.9 Å². The number of carbonyl (C=O) groups excluding carboxylic acids is 2. The number of carbonyl (C=O) groups is 4. The Morgan fingerprint density at radius 3 is 2.27 bits per heavy atom. The molecular weight excluding hydrogens is 206 g/mol. The third kappa shape index (κ3) is 2.52. The van der Waals surface area contributed by atoms with Crippen LogP contribution < -0.4 is 0 Å². The van der Waals surface area contributed by atoms with Crippen molar-refractivity contribution in [2.24, 2.45) is 0 Å². The fraction of sp³-hybridized carbons (Fsp3) is 0.500. The van der Waals surface area contributed by atoms with Gasteiger partial charge in [0, 0.05) is 0 Å². The summed E-state index contributed by atoms with van der Waals surface area (Å²) in [6.07, 6.45) is -1.04. The molecule has 0 aliphatic carbocycles. The molecule has 1 aliphatic heterocycles. The Labute approximate surface area is 84.3 Å². The van der Waals surface area contributed by atoms with E-state index < -0.39 is 36.1 Å². The minimum absolute atomic E-state index is 0.316. The SMILES string of the molecule is O=C(O)CC(C(=O)O)N1CC(=O)CC1=O. The van der Waals surface area contributed by atoms with Crippen LogP contribution in [0.5, 0.6) is 0 Å². The number of nitrogens with zero attached hydrogens (tertiary/aromatic N) is 1. The molecule has 2 N–H and O–H groups in total. The highest BCUT2D eigenvalue weighted by molar-refractivity contribution is 6.06. The zero-order valence-electron chi connectivity index (χ0n) is 7.67. The van der Waals surface area contributed by atoms with Gasteiger partial charge in [0.25, 0.3) is 0 Å². The Bertz CT molecular complexity index is 336. The topological polar surface area (TPSA) is 112 Å². The fourth-order valence-corrected chi connectivity index (χ4v) is 1.38. The van der Waals surface area contributed by atoms with Gasteiger partial charge in [0.05, 0.1) is 19.4 Å². The highest BCUT2D eigenvalue weighted by Gasteiger charge is 2.37. The lowest BCUT2D eigenvalue weighted by atomic mass is 10.2. The van der Waals surface area contributed by atoms with Crippen LogP contribution in [0, 0.1) is 0 Å². The van der Waals surface area contributed by atoms with Gasteiger partial charge in [-0.3, -0.25) is 14.4 Å². The van der Waals surface area contributed by atoms with E-state index in [-0.39, 0.29) is 13.0 Å². The van der Waals surface area contributed by atoms with E-state index in [2.05, 4.69) is 0 Å². The van der Waals surface area contributed by atoms with Crippen molar-refractivity contribution in [3.8, 4) is 0 Å². The number of aliphatic carboxylic acids is 2. The van der Waals surface area contributed by atoms with E-state index in [1.165, 1.54) is 0 Å². The third-order valence-corrected chi connectivity index (χ3v) is 2.04. The van der Waals surface area contributed by atoms with Crippen LogP contribution in [-0.2, 0) is 19.2 Å². The summed E-state index contributed by atoms with van der Waals surface area (Å²) in [4.78, 5) is 43.9. The van der Waals surface area contributed by atoms with Gasteiger partial charge in [-0.1, -0.05) is 0 Å². The minimum Gasteiger partial charge on any atom is -0.481 e. The van der Waals surface area contributed by atoms with E-state index in [4.69, 9.17) is 10.2 Å². The van der Waals surface area contributed by atoms with Crippen LogP contribution >= 0.6 is 0 Å². The molecule has 7 nitrogen and oxygen atoms in total. The van der Waals surface area contributed by atoms with E-state index in [1.54, 1.807) is 0 Å². The summed E-state index contributed by atoms with van der Waals surface area (Å²) >= 11 is 0. The summed E-state index contributed by atoms with van der Waals surface area (Å²) in [6.45, 7) is -0.316. The molecule has 0 radical (unpaired) electrons. The van der Waals surface area contributed by atoms with Crippen LogP contribution in [-0.4, -0.2) is 51.3 Å². The second kappa shape index (κ2) is 4.07. The van der Waals surface area contributed by atoms with Crippen LogP contribution in [0.25, 0.3) is 0 Å². The van der Waals surface area contributed by atoms with Crippen molar-refractivity contribution in [2.45, 2.75) is 18.9 Å². The average molecular weight is 215 g/mol. The maximum absolute atomic E-state index is 11.2. The molecular formula is C8H9NO6. The summed E-state index contributed by atoms with van der Waals surface area (Å²) in [5, 5.41) is 17.2. The summed E-state index contributed by atoms with van der Waals surface area (Å²) in [7, 11) is 0. The summed E-state index contributed by atoms with van der Waals surface area (Å²) < 4.78 is 0. The summed E-state index contributed by atoms with van der Waals surface area (Å²) in [5.41, 5.74) is 0. The number of rotatable bonds is 4. The molecule has 0 aromatic heterocycles. The first kappa shape index (κ1) is 11.2. The molecule has 0 saturated carbocycles. The number of hydrogen-bond donors (Lipinski definition) is 2. The van der Waals surface area contributed by atoms with E-state index in [1.807, 2.05) is 0 Å². The number of carboxylic acids is 2. The second-order valence-corrected chi connectivity index (χ2v) is 3.19. The molecule has 1 fully saturated rings. The molecule has 1 aliphatic rings. The summed E-state index contributed by atoms with van der Waals surface area (Å²) in [6, 6.07) is -1.46. The van der Waals surface area contributed by atoms with Gasteiger partial charge in [-0.15, -0.1) is 0 Å². The quantitative estimate of drug-likeness (QED) is 0.564. The normalized spacial score (nSPS) is 18.0. The maximum Gasteiger partial charge on any atom is 0.327 e. The molecule has 1 heterocycles. The van der Waals surface area contributed by atoms with Crippen LogP contribution in [0.15, 0.2) is 0 Å². The Kier molecular flexibility index (Phi) is 3.03. The van der Waals surface area contributed by atoms with Crippen molar-refractivity contribution in [2.75, 3.05) is 6.54 Å². The third-order valence-electron chi connectivity index (χ3n) is 2.04. The lowest BCUT2D eigenvalue weighted by molar-refractivity contribution is -0.153. The van der Waals surface area contributed by atoms with E-state index >= 15 is 0 Å². The lowest BCUT2D eigenvalue weighted by Gasteiger charge is -2.21. The molecule has 0 aromatic carbocycles.